The van der Waals surface area contributed by atoms with Crippen molar-refractivity contribution < 1.29 is 28.4 Å². The van der Waals surface area contributed by atoms with Crippen LogP contribution in [-0.4, -0.2) is 39.6 Å². The Morgan fingerprint density at radius 2 is 0.452 bits per heavy atom. The monoisotopic (exact) mass is 1130 g/mol. The summed E-state index contributed by atoms with van der Waals surface area (Å²) in [6, 6.07) is 29.0. The van der Waals surface area contributed by atoms with Crippen LogP contribution < -0.4 is 28.4 Å². The lowest BCUT2D eigenvalue weighted by Crippen LogP contribution is -2.04. The van der Waals surface area contributed by atoms with E-state index in [4.69, 9.17) is 41.3 Å². The van der Waals surface area contributed by atoms with Gasteiger partial charge in [0.2, 0.25) is 0 Å². The van der Waals surface area contributed by atoms with E-state index >= 15 is 0 Å². The molecule has 0 saturated carbocycles. The van der Waals surface area contributed by atoms with E-state index in [2.05, 4.69) is 163 Å². The molecule has 0 unspecified atom stereocenters. The molecular formula is C78H102O6. The average Bonchev–Trinajstić information content (AvgIpc) is 3.58. The molecule has 450 valence electrons. The van der Waals surface area contributed by atoms with Crippen molar-refractivity contribution in [1.82, 2.24) is 0 Å². The molecule has 5 aromatic carbocycles. The van der Waals surface area contributed by atoms with Crippen molar-refractivity contribution in [2.75, 3.05) is 39.6 Å². The fourth-order valence-electron chi connectivity index (χ4n) is 9.68. The van der Waals surface area contributed by atoms with Gasteiger partial charge in [-0.05, 0) is 110 Å². The lowest BCUT2D eigenvalue weighted by Gasteiger charge is -2.17. The fourth-order valence-corrected chi connectivity index (χ4v) is 9.68. The maximum absolute atomic E-state index is 6.84. The molecule has 0 amide bonds. The Hall–Kier alpha value is -7.02. The van der Waals surface area contributed by atoms with Crippen LogP contribution in [0.15, 0.2) is 84.9 Å². The molecule has 0 aliphatic rings. The zero-order valence-corrected chi connectivity index (χ0v) is 52.5. The van der Waals surface area contributed by atoms with Gasteiger partial charge < -0.3 is 28.4 Å². The molecule has 0 heterocycles. The number of unbranched alkanes of at least 4 members (excludes halogenated alkanes) is 18. The van der Waals surface area contributed by atoms with Crippen LogP contribution in [0.1, 0.15) is 251 Å². The minimum absolute atomic E-state index is 0.605. The van der Waals surface area contributed by atoms with Crippen molar-refractivity contribution in [3.05, 3.63) is 141 Å². The topological polar surface area (TPSA) is 55.4 Å². The molecule has 0 saturated heterocycles. The number of benzene rings is 5. The molecule has 0 N–H and O–H groups in total. The van der Waals surface area contributed by atoms with Crippen LogP contribution >= 0.6 is 0 Å². The summed E-state index contributed by atoms with van der Waals surface area (Å²) in [5, 5.41) is 0. The van der Waals surface area contributed by atoms with Gasteiger partial charge in [-0.3, -0.25) is 0 Å². The third-order valence-electron chi connectivity index (χ3n) is 14.9. The van der Waals surface area contributed by atoms with Crippen LogP contribution in [0.3, 0.4) is 0 Å². The van der Waals surface area contributed by atoms with Gasteiger partial charge >= 0.3 is 0 Å². The molecule has 0 fully saturated rings. The van der Waals surface area contributed by atoms with Gasteiger partial charge in [0.15, 0.2) is 0 Å². The zero-order valence-electron chi connectivity index (χ0n) is 52.5. The van der Waals surface area contributed by atoms with E-state index in [0.29, 0.717) is 39.6 Å². The quantitative estimate of drug-likeness (QED) is 0.0220. The second kappa shape index (κ2) is 41.9. The summed E-state index contributed by atoms with van der Waals surface area (Å²) in [7, 11) is 0. The predicted octanol–water partition coefficient (Wildman–Crippen LogP) is 22.1. The molecule has 0 atom stereocenters. The van der Waals surface area contributed by atoms with E-state index < -0.39 is 0 Å². The molecule has 0 radical (unpaired) electrons. The number of rotatable bonds is 44. The van der Waals surface area contributed by atoms with E-state index in [1.807, 2.05) is 24.3 Å². The standard InChI is InChI=1S/C78H102O6/c1-9-17-23-29-51-79-73-59-69(75(81-53-31-25-19-11-3)57-67(73)45-43-65-39-35-63(15-7)36-40-65)47-49-71-61-78(84-56-34-28-22-14-6)72(62-77(71)83-55-33-27-21-13-5)50-48-70-60-74(80-52-30-24-18-10-2)68(58-76(70)82-54-32-26-20-12-4)46-44-66-41-37-64(16-8)38-42-66/h7-8,35-50,57-62H,9-14,17-34,51-56H2,1-6H3/b45-43+,46-44+,49-47+,50-48+. The van der Waals surface area contributed by atoms with Gasteiger partial charge in [0.05, 0.1) is 39.6 Å². The molecule has 5 rings (SSSR count). The molecule has 0 spiro atoms. The third-order valence-corrected chi connectivity index (χ3v) is 14.9. The van der Waals surface area contributed by atoms with Gasteiger partial charge in [-0.1, -0.05) is 242 Å². The Balaban J connectivity index is 1.66. The van der Waals surface area contributed by atoms with Gasteiger partial charge in [-0.25, -0.2) is 0 Å². The fraction of sp³-hybridized carbons (Fsp3) is 0.462. The summed E-state index contributed by atoms with van der Waals surface area (Å²) in [6.07, 6.45) is 55.2. The van der Waals surface area contributed by atoms with Crippen molar-refractivity contribution in [2.24, 2.45) is 0 Å². The first-order valence-electron chi connectivity index (χ1n) is 32.5. The molecule has 5 aromatic rings. The zero-order chi connectivity index (χ0) is 59.7. The van der Waals surface area contributed by atoms with Gasteiger partial charge in [0.25, 0.3) is 0 Å². The van der Waals surface area contributed by atoms with Gasteiger partial charge in [-0.2, -0.15) is 0 Å². The van der Waals surface area contributed by atoms with Gasteiger partial charge in [0.1, 0.15) is 34.5 Å². The van der Waals surface area contributed by atoms with Crippen LogP contribution in [0.5, 0.6) is 34.5 Å². The summed E-state index contributed by atoms with van der Waals surface area (Å²) in [6.45, 7) is 17.2. The normalized spacial score (nSPS) is 11.5. The second-order valence-electron chi connectivity index (χ2n) is 22.1. The van der Waals surface area contributed by atoms with E-state index in [-0.39, 0.29) is 0 Å². The highest BCUT2D eigenvalue weighted by molar-refractivity contribution is 5.84. The van der Waals surface area contributed by atoms with Crippen LogP contribution in [0, 0.1) is 24.7 Å². The van der Waals surface area contributed by atoms with E-state index in [1.165, 1.54) is 51.4 Å². The SMILES string of the molecule is C#Cc1ccc(/C=C/c2cc(OCCCCCC)c(/C=C/c3cc(OCCCCCC)c(/C=C/c4cc(OCCCCCC)c(/C=C/c5ccc(C#C)cc5)cc4OCCCCCC)cc3OCCCCCC)cc2OCCCCCC)cc1. The van der Waals surface area contributed by atoms with E-state index in [9.17, 15) is 0 Å². The largest absolute Gasteiger partial charge is 0.493 e. The van der Waals surface area contributed by atoms with Crippen LogP contribution in [-0.2, 0) is 0 Å². The Kier molecular flexibility index (Phi) is 33.8. The maximum Gasteiger partial charge on any atom is 0.127 e. The van der Waals surface area contributed by atoms with Crippen molar-refractivity contribution in [3.8, 4) is 59.2 Å². The molecule has 0 aromatic heterocycles. The lowest BCUT2D eigenvalue weighted by atomic mass is 10.0. The van der Waals surface area contributed by atoms with Crippen LogP contribution in [0.4, 0.5) is 0 Å². The molecule has 84 heavy (non-hydrogen) atoms. The maximum atomic E-state index is 6.84. The minimum atomic E-state index is 0.605. The molecule has 6 heteroatoms. The first-order valence-corrected chi connectivity index (χ1v) is 32.5. The minimum Gasteiger partial charge on any atom is -0.493 e. The smallest absolute Gasteiger partial charge is 0.127 e. The first kappa shape index (κ1) is 67.8. The summed E-state index contributed by atoms with van der Waals surface area (Å²) >= 11 is 0. The van der Waals surface area contributed by atoms with Crippen molar-refractivity contribution in [1.29, 1.82) is 0 Å². The van der Waals surface area contributed by atoms with Crippen molar-refractivity contribution in [3.63, 3.8) is 0 Å². The Morgan fingerprint density at radius 1 is 0.262 bits per heavy atom. The number of terminal acetylenes is 2. The number of hydrogen-bond acceptors (Lipinski definition) is 6. The summed E-state index contributed by atoms with van der Waals surface area (Å²) < 4.78 is 40.5. The molecule has 0 bridgehead atoms. The number of ether oxygens (including phenoxy) is 6. The summed E-state index contributed by atoms with van der Waals surface area (Å²) in [4.78, 5) is 0. The third kappa shape index (κ3) is 25.5. The Labute approximate surface area is 509 Å². The molecular weight excluding hydrogens is 1030 g/mol. The highest BCUT2D eigenvalue weighted by Crippen LogP contribution is 2.38. The molecule has 0 aliphatic carbocycles. The molecule has 6 nitrogen and oxygen atoms in total. The van der Waals surface area contributed by atoms with Crippen LogP contribution in [0.25, 0.3) is 48.6 Å². The van der Waals surface area contributed by atoms with E-state index in [0.717, 1.165) is 193 Å². The average molecular weight is 1140 g/mol. The van der Waals surface area contributed by atoms with E-state index in [1.54, 1.807) is 0 Å². The lowest BCUT2D eigenvalue weighted by molar-refractivity contribution is 0.295. The Bertz CT molecular complexity index is 2640. The second-order valence-corrected chi connectivity index (χ2v) is 22.1. The molecule has 0 aliphatic heterocycles. The van der Waals surface area contributed by atoms with Crippen LogP contribution in [0.2, 0.25) is 0 Å². The van der Waals surface area contributed by atoms with Crippen molar-refractivity contribution in [2.45, 2.75) is 196 Å². The summed E-state index contributed by atoms with van der Waals surface area (Å²) in [5.41, 5.74) is 9.50. The predicted molar refractivity (Wildman–Crippen MR) is 362 cm³/mol. The van der Waals surface area contributed by atoms with Gasteiger partial charge in [-0.15, -0.1) is 12.8 Å². The van der Waals surface area contributed by atoms with Crippen molar-refractivity contribution >= 4 is 48.6 Å². The highest BCUT2D eigenvalue weighted by Gasteiger charge is 2.16. The number of hydrogen-bond donors (Lipinski definition) is 0. The summed E-state index contributed by atoms with van der Waals surface area (Å²) in [5.74, 6) is 10.3. The highest BCUT2D eigenvalue weighted by atomic mass is 16.5. The first-order chi connectivity index (χ1) is 41.4. The Morgan fingerprint density at radius 3 is 0.631 bits per heavy atom. The van der Waals surface area contributed by atoms with Gasteiger partial charge in [0, 0.05) is 44.5 Å².